The lowest BCUT2D eigenvalue weighted by Gasteiger charge is -2.12. The predicted molar refractivity (Wildman–Crippen MR) is 93.8 cm³/mol. The highest BCUT2D eigenvalue weighted by Gasteiger charge is 2.04. The molecule has 0 aliphatic carbocycles. The lowest BCUT2D eigenvalue weighted by molar-refractivity contribution is 1.13. The Morgan fingerprint density at radius 3 is 2.85 bits per heavy atom. The Hall–Kier alpha value is -0.900. The Morgan fingerprint density at radius 1 is 1.25 bits per heavy atom. The van der Waals surface area contributed by atoms with E-state index in [1.165, 1.54) is 4.90 Å². The zero-order valence-electron chi connectivity index (χ0n) is 10.9. The molecule has 0 saturated heterocycles. The van der Waals surface area contributed by atoms with E-state index in [4.69, 9.17) is 11.6 Å². The van der Waals surface area contributed by atoms with Crippen LogP contribution in [-0.4, -0.2) is 5.75 Å². The Morgan fingerprint density at radius 2 is 2.05 bits per heavy atom. The molecule has 0 atom stereocenters. The summed E-state index contributed by atoms with van der Waals surface area (Å²) in [6, 6.07) is 14.2. The van der Waals surface area contributed by atoms with E-state index in [-0.39, 0.29) is 0 Å². The lowest BCUT2D eigenvalue weighted by Crippen LogP contribution is -2.01. The monoisotopic (exact) mass is 367 g/mol. The quantitative estimate of drug-likeness (QED) is 0.496. The third-order valence-electron chi connectivity index (χ3n) is 2.72. The van der Waals surface area contributed by atoms with Crippen LogP contribution in [0.3, 0.4) is 0 Å². The molecule has 4 heteroatoms. The molecule has 0 amide bonds. The van der Waals surface area contributed by atoms with Crippen LogP contribution in [0.1, 0.15) is 5.56 Å². The van der Waals surface area contributed by atoms with E-state index < -0.39 is 0 Å². The van der Waals surface area contributed by atoms with Crippen molar-refractivity contribution in [2.24, 2.45) is 0 Å². The van der Waals surface area contributed by atoms with E-state index in [1.54, 1.807) is 11.8 Å². The third kappa shape index (κ3) is 4.30. The predicted octanol–water partition coefficient (Wildman–Crippen LogP) is 5.99. The van der Waals surface area contributed by atoms with E-state index in [2.05, 4.69) is 40.0 Å². The maximum absolute atomic E-state index is 6.21. The van der Waals surface area contributed by atoms with E-state index in [1.807, 2.05) is 36.4 Å². The lowest BCUT2D eigenvalue weighted by atomic mass is 10.2. The van der Waals surface area contributed by atoms with E-state index in [0.717, 1.165) is 26.5 Å². The largest absolute Gasteiger partial charge is 0.380 e. The average molecular weight is 369 g/mol. The van der Waals surface area contributed by atoms with Gasteiger partial charge in [-0.1, -0.05) is 45.7 Å². The van der Waals surface area contributed by atoms with Gasteiger partial charge >= 0.3 is 0 Å². The molecule has 1 nitrogen and oxygen atoms in total. The fourth-order valence-corrected chi connectivity index (χ4v) is 3.12. The second-order valence-corrected chi connectivity index (χ2v) is 6.57. The van der Waals surface area contributed by atoms with Crippen LogP contribution in [0.15, 0.2) is 64.5 Å². The molecule has 0 unspecified atom stereocenters. The number of hydrogen-bond acceptors (Lipinski definition) is 2. The molecule has 2 rings (SSSR count). The maximum Gasteiger partial charge on any atom is 0.0481 e. The highest BCUT2D eigenvalue weighted by molar-refractivity contribution is 9.10. The number of para-hydroxylation sites is 1. The molecule has 1 N–H and O–H groups in total. The van der Waals surface area contributed by atoms with Crippen LogP contribution in [-0.2, 0) is 6.54 Å². The van der Waals surface area contributed by atoms with Gasteiger partial charge in [-0.2, -0.15) is 0 Å². The molecule has 0 saturated carbocycles. The fraction of sp³-hybridized carbons (Fsp3) is 0.125. The van der Waals surface area contributed by atoms with Gasteiger partial charge in [0.2, 0.25) is 0 Å². The van der Waals surface area contributed by atoms with Crippen molar-refractivity contribution >= 4 is 45.0 Å². The minimum absolute atomic E-state index is 0.698. The normalized spacial score (nSPS) is 10.3. The fourth-order valence-electron chi connectivity index (χ4n) is 1.76. The van der Waals surface area contributed by atoms with Crippen LogP contribution in [0.25, 0.3) is 0 Å². The van der Waals surface area contributed by atoms with Gasteiger partial charge in [0.15, 0.2) is 0 Å². The summed E-state index contributed by atoms with van der Waals surface area (Å²) < 4.78 is 1.04. The summed E-state index contributed by atoms with van der Waals surface area (Å²) in [7, 11) is 0. The number of rotatable bonds is 6. The van der Waals surface area contributed by atoms with E-state index in [0.29, 0.717) is 6.54 Å². The summed E-state index contributed by atoms with van der Waals surface area (Å²) in [6.07, 6.45) is 1.91. The van der Waals surface area contributed by atoms with Crippen LogP contribution < -0.4 is 5.32 Å². The second kappa shape index (κ2) is 7.77. The first kappa shape index (κ1) is 15.5. The number of thioether (sulfide) groups is 1. The van der Waals surface area contributed by atoms with Gasteiger partial charge in [-0.25, -0.2) is 0 Å². The Kier molecular flexibility index (Phi) is 6.02. The molecule has 0 bridgehead atoms. The number of hydrogen-bond donors (Lipinski definition) is 1. The van der Waals surface area contributed by atoms with Crippen LogP contribution >= 0.6 is 39.3 Å². The van der Waals surface area contributed by atoms with E-state index in [9.17, 15) is 0 Å². The molecule has 2 aromatic rings. The van der Waals surface area contributed by atoms with Crippen molar-refractivity contribution in [1.82, 2.24) is 0 Å². The minimum Gasteiger partial charge on any atom is -0.380 e. The molecule has 0 aliphatic heterocycles. The van der Waals surface area contributed by atoms with Crippen molar-refractivity contribution in [2.75, 3.05) is 11.1 Å². The summed E-state index contributed by atoms with van der Waals surface area (Å²) >= 11 is 11.4. The minimum atomic E-state index is 0.698. The standard InChI is InChI=1S/C16H15BrClNS/c1-2-9-20-16-6-4-3-5-15(16)19-11-12-10-13(17)7-8-14(12)18/h2-8,10,19H,1,9,11H2. The molecule has 0 heterocycles. The van der Waals surface area contributed by atoms with Crippen molar-refractivity contribution < 1.29 is 0 Å². The van der Waals surface area contributed by atoms with Gasteiger partial charge < -0.3 is 5.32 Å². The molecule has 0 aromatic heterocycles. The third-order valence-corrected chi connectivity index (χ3v) is 4.65. The second-order valence-electron chi connectivity index (χ2n) is 4.19. The summed E-state index contributed by atoms with van der Waals surface area (Å²) in [5, 5.41) is 4.22. The van der Waals surface area contributed by atoms with Crippen molar-refractivity contribution in [2.45, 2.75) is 11.4 Å². The van der Waals surface area contributed by atoms with Gasteiger partial charge in [-0.3, -0.25) is 0 Å². The highest BCUT2D eigenvalue weighted by atomic mass is 79.9. The summed E-state index contributed by atoms with van der Waals surface area (Å²) in [6.45, 7) is 4.45. The van der Waals surface area contributed by atoms with Gasteiger partial charge in [0.05, 0.1) is 0 Å². The molecule has 104 valence electrons. The smallest absolute Gasteiger partial charge is 0.0481 e. The van der Waals surface area contributed by atoms with Crippen LogP contribution in [0.2, 0.25) is 5.02 Å². The van der Waals surface area contributed by atoms with E-state index >= 15 is 0 Å². The molecule has 2 aromatic carbocycles. The molecule has 0 aliphatic rings. The first-order valence-corrected chi connectivity index (χ1v) is 8.37. The van der Waals surface area contributed by atoms with Crippen LogP contribution in [0, 0.1) is 0 Å². The number of nitrogens with one attached hydrogen (secondary N) is 1. The number of anilines is 1. The van der Waals surface area contributed by atoms with Crippen molar-refractivity contribution in [1.29, 1.82) is 0 Å². The van der Waals surface area contributed by atoms with Gasteiger partial charge in [-0.05, 0) is 35.9 Å². The molecule has 20 heavy (non-hydrogen) atoms. The zero-order valence-corrected chi connectivity index (χ0v) is 14.1. The highest BCUT2D eigenvalue weighted by Crippen LogP contribution is 2.28. The van der Waals surface area contributed by atoms with Gasteiger partial charge in [-0.15, -0.1) is 18.3 Å². The zero-order chi connectivity index (χ0) is 14.4. The first-order valence-electron chi connectivity index (χ1n) is 6.21. The van der Waals surface area contributed by atoms with Gasteiger partial charge in [0, 0.05) is 32.4 Å². The Balaban J connectivity index is 2.10. The SMILES string of the molecule is C=CCSc1ccccc1NCc1cc(Br)ccc1Cl. The summed E-state index contributed by atoms with van der Waals surface area (Å²) in [4.78, 5) is 1.22. The van der Waals surface area contributed by atoms with Gasteiger partial charge in [0.1, 0.15) is 0 Å². The van der Waals surface area contributed by atoms with Crippen molar-refractivity contribution in [3.8, 4) is 0 Å². The van der Waals surface area contributed by atoms with Crippen molar-refractivity contribution in [3.63, 3.8) is 0 Å². The van der Waals surface area contributed by atoms with Gasteiger partial charge in [0.25, 0.3) is 0 Å². The van der Waals surface area contributed by atoms with Crippen LogP contribution in [0.5, 0.6) is 0 Å². The Bertz CT molecular complexity index is 601. The topological polar surface area (TPSA) is 12.0 Å². The number of benzene rings is 2. The molecule has 0 spiro atoms. The molecule has 0 fully saturated rings. The average Bonchev–Trinajstić information content (AvgIpc) is 2.47. The summed E-state index contributed by atoms with van der Waals surface area (Å²) in [5.74, 6) is 0.899. The molecule has 0 radical (unpaired) electrons. The van der Waals surface area contributed by atoms with Crippen LogP contribution in [0.4, 0.5) is 5.69 Å². The Labute approximate surface area is 137 Å². The number of halogens is 2. The first-order chi connectivity index (χ1) is 9.70. The van der Waals surface area contributed by atoms with Crippen molar-refractivity contribution in [3.05, 3.63) is 70.2 Å². The maximum atomic E-state index is 6.21. The summed E-state index contributed by atoms with van der Waals surface area (Å²) in [5.41, 5.74) is 2.19. The molecular formula is C16H15BrClNS. The molecular weight excluding hydrogens is 354 g/mol.